The van der Waals surface area contributed by atoms with Gasteiger partial charge in [-0.3, -0.25) is 4.55 Å². The summed E-state index contributed by atoms with van der Waals surface area (Å²) in [4.78, 5) is -0.0666. The Morgan fingerprint density at radius 1 is 1.05 bits per heavy atom. The molecule has 0 unspecified atom stereocenters. The summed E-state index contributed by atoms with van der Waals surface area (Å²) in [5.41, 5.74) is 2.24. The molecule has 1 aliphatic carbocycles. The normalized spacial score (nSPS) is 15.9. The lowest BCUT2D eigenvalue weighted by Gasteiger charge is -2.38. The quantitative estimate of drug-likeness (QED) is 0.183. The second-order valence-corrected chi connectivity index (χ2v) is 12.9. The summed E-state index contributed by atoms with van der Waals surface area (Å²) in [5, 5.41) is 18.5. The lowest BCUT2D eigenvalue weighted by molar-refractivity contribution is -0.0145. The number of aryl methyl sites for hydroxylation is 1. The maximum absolute atomic E-state index is 13.6. The highest BCUT2D eigenvalue weighted by Gasteiger charge is 2.38. The van der Waals surface area contributed by atoms with Crippen molar-refractivity contribution in [2.45, 2.75) is 42.8 Å². The van der Waals surface area contributed by atoms with E-state index in [0.29, 0.717) is 40.7 Å². The molecule has 1 saturated heterocycles. The molecule has 6 rings (SSSR count). The number of rotatable bonds is 7. The molecule has 1 aliphatic heterocycles. The van der Waals surface area contributed by atoms with E-state index in [1.165, 1.54) is 24.3 Å². The maximum Gasteiger partial charge on any atom is 0.294 e. The van der Waals surface area contributed by atoms with Crippen LogP contribution in [0.1, 0.15) is 41.2 Å². The molecule has 2 aliphatic rings. The highest BCUT2D eigenvalue weighted by atomic mass is 35.5. The molecule has 1 aromatic heterocycles. The van der Waals surface area contributed by atoms with Crippen molar-refractivity contribution in [2.75, 3.05) is 13.1 Å². The zero-order chi connectivity index (χ0) is 30.2. The number of hydrogen-bond acceptors (Lipinski definition) is 7. The fourth-order valence-corrected chi connectivity index (χ4v) is 5.94. The Balaban J connectivity index is 0.000000271. The molecular formula is C29H26Cl3FN2O6S. The minimum atomic E-state index is -4.02. The van der Waals surface area contributed by atoms with Crippen molar-refractivity contribution in [3.05, 3.63) is 97.9 Å². The van der Waals surface area contributed by atoms with E-state index in [1.54, 1.807) is 30.3 Å². The van der Waals surface area contributed by atoms with Gasteiger partial charge in [-0.05, 0) is 56.2 Å². The second kappa shape index (κ2) is 12.1. The van der Waals surface area contributed by atoms with E-state index in [1.807, 2.05) is 6.92 Å². The molecular weight excluding hydrogens is 630 g/mol. The summed E-state index contributed by atoms with van der Waals surface area (Å²) < 4.78 is 54.8. The average molecular weight is 656 g/mol. The molecule has 0 radical (unpaired) electrons. The molecule has 8 nitrogen and oxygen atoms in total. The van der Waals surface area contributed by atoms with Gasteiger partial charge in [0.2, 0.25) is 0 Å². The topological polar surface area (TPSA) is 122 Å². The minimum Gasteiger partial charge on any atom is -0.489 e. The molecule has 2 heterocycles. The molecule has 0 bridgehead atoms. The van der Waals surface area contributed by atoms with E-state index >= 15 is 0 Å². The summed E-state index contributed by atoms with van der Waals surface area (Å²) >= 11 is 18.9. The van der Waals surface area contributed by atoms with E-state index in [-0.39, 0.29) is 27.5 Å². The number of benzene rings is 3. The second-order valence-electron chi connectivity index (χ2n) is 10.2. The lowest BCUT2D eigenvalue weighted by atomic mass is 9.88. The molecule has 0 atom stereocenters. The first-order chi connectivity index (χ1) is 19.9. The van der Waals surface area contributed by atoms with Crippen LogP contribution >= 0.6 is 34.8 Å². The number of aliphatic hydroxyl groups is 1. The molecule has 4 aromatic rings. The SMILES string of the molecule is Cc1ccc(S(=O)(=O)O)cc1.OC1(c2ccc(OCc3c(-c4c(Cl)cc(F)cc4Cl)noc3C3CC3)cc2Cl)CNC1. The number of halogens is 4. The monoisotopic (exact) mass is 654 g/mol. The molecule has 0 amide bonds. The Kier molecular flexibility index (Phi) is 8.87. The Morgan fingerprint density at radius 3 is 2.21 bits per heavy atom. The third kappa shape index (κ3) is 6.75. The molecule has 2 fully saturated rings. The van der Waals surface area contributed by atoms with E-state index in [9.17, 15) is 17.9 Å². The van der Waals surface area contributed by atoms with E-state index in [2.05, 4.69) is 10.5 Å². The molecule has 0 spiro atoms. The van der Waals surface area contributed by atoms with E-state index < -0.39 is 21.5 Å². The van der Waals surface area contributed by atoms with Crippen molar-refractivity contribution in [2.24, 2.45) is 0 Å². The van der Waals surface area contributed by atoms with Crippen molar-refractivity contribution in [1.29, 1.82) is 0 Å². The van der Waals surface area contributed by atoms with Gasteiger partial charge in [-0.1, -0.05) is 63.7 Å². The molecule has 3 aromatic carbocycles. The summed E-state index contributed by atoms with van der Waals surface area (Å²) in [6.45, 7) is 2.91. The van der Waals surface area contributed by atoms with Crippen molar-refractivity contribution in [3.8, 4) is 17.0 Å². The Labute approximate surface area is 257 Å². The summed E-state index contributed by atoms with van der Waals surface area (Å²) in [6.07, 6.45) is 2.00. The third-order valence-corrected chi connectivity index (χ3v) is 8.77. The van der Waals surface area contributed by atoms with Crippen LogP contribution in [0.15, 0.2) is 64.0 Å². The highest BCUT2D eigenvalue weighted by Crippen LogP contribution is 2.46. The first-order valence-electron chi connectivity index (χ1n) is 12.9. The maximum atomic E-state index is 13.6. The standard InChI is InChI=1S/C22H18Cl3FN2O3.C7H8O3S/c23-16-7-13(3-4-15(16)22(29)9-27-10-22)30-8-14-20(28-31-21(14)11-1-2-11)19-17(24)5-12(26)6-18(19)25;1-6-2-4-7(5-3-6)11(8,9)10/h3-7,11,27,29H,1-2,8-10H2;2-5H,1H3,(H,8,9,10). The first kappa shape index (κ1) is 30.7. The smallest absolute Gasteiger partial charge is 0.294 e. The van der Waals surface area contributed by atoms with Gasteiger partial charge in [-0.15, -0.1) is 0 Å². The van der Waals surface area contributed by atoms with Gasteiger partial charge in [0.25, 0.3) is 10.1 Å². The largest absolute Gasteiger partial charge is 0.489 e. The molecule has 222 valence electrons. The first-order valence-corrected chi connectivity index (χ1v) is 15.5. The van der Waals surface area contributed by atoms with Crippen molar-refractivity contribution in [1.82, 2.24) is 10.5 Å². The summed E-state index contributed by atoms with van der Waals surface area (Å²) in [7, 11) is -4.02. The number of nitrogens with one attached hydrogen (secondary N) is 1. The fourth-order valence-electron chi connectivity index (χ4n) is 4.47. The van der Waals surface area contributed by atoms with Crippen LogP contribution in [0.2, 0.25) is 15.1 Å². The van der Waals surface area contributed by atoms with Crippen LogP contribution in [0, 0.1) is 12.7 Å². The van der Waals surface area contributed by atoms with Gasteiger partial charge in [0.15, 0.2) is 0 Å². The number of β-amino-alcohol motifs (C(OH)–C–C–N with tert-alkyl or cyclic N) is 1. The van der Waals surface area contributed by atoms with Crippen LogP contribution in [0.3, 0.4) is 0 Å². The van der Waals surface area contributed by atoms with Crippen molar-refractivity contribution < 1.29 is 31.7 Å². The number of hydrogen-bond donors (Lipinski definition) is 3. The Morgan fingerprint density at radius 2 is 1.69 bits per heavy atom. The van der Waals surface area contributed by atoms with Crippen LogP contribution in [0.4, 0.5) is 4.39 Å². The fraction of sp³-hybridized carbons (Fsp3) is 0.276. The summed E-state index contributed by atoms with van der Waals surface area (Å²) in [5.74, 6) is 1.00. The molecule has 13 heteroatoms. The third-order valence-electron chi connectivity index (χ3n) is 6.99. The van der Waals surface area contributed by atoms with Crippen LogP contribution in [0.5, 0.6) is 5.75 Å². The van der Waals surface area contributed by atoms with Crippen molar-refractivity contribution >= 4 is 44.9 Å². The lowest BCUT2D eigenvalue weighted by Crippen LogP contribution is -2.56. The van der Waals surface area contributed by atoms with Gasteiger partial charge in [0, 0.05) is 30.1 Å². The van der Waals surface area contributed by atoms with Crippen LogP contribution in [-0.4, -0.2) is 36.3 Å². The number of nitrogens with zero attached hydrogens (tertiary/aromatic N) is 1. The van der Waals surface area contributed by atoms with E-state index in [4.69, 9.17) is 48.6 Å². The number of ether oxygens (including phenoxy) is 1. The average Bonchev–Trinajstić information content (AvgIpc) is 3.66. The highest BCUT2D eigenvalue weighted by molar-refractivity contribution is 7.85. The van der Waals surface area contributed by atoms with Crippen molar-refractivity contribution in [3.63, 3.8) is 0 Å². The summed E-state index contributed by atoms with van der Waals surface area (Å²) in [6, 6.07) is 13.6. The minimum absolute atomic E-state index is 0.0666. The van der Waals surface area contributed by atoms with Gasteiger partial charge in [-0.25, -0.2) is 4.39 Å². The zero-order valence-electron chi connectivity index (χ0n) is 22.2. The molecule has 42 heavy (non-hydrogen) atoms. The Hall–Kier alpha value is -2.70. The molecule has 1 saturated carbocycles. The number of aromatic nitrogens is 1. The zero-order valence-corrected chi connectivity index (χ0v) is 25.3. The van der Waals surface area contributed by atoms with Crippen LogP contribution < -0.4 is 10.1 Å². The predicted octanol–water partition coefficient (Wildman–Crippen LogP) is 6.93. The van der Waals surface area contributed by atoms with Gasteiger partial charge in [0.05, 0.1) is 25.5 Å². The van der Waals surface area contributed by atoms with Gasteiger partial charge >= 0.3 is 0 Å². The van der Waals surface area contributed by atoms with Gasteiger partial charge in [0.1, 0.15) is 35.2 Å². The predicted molar refractivity (Wildman–Crippen MR) is 157 cm³/mol. The van der Waals surface area contributed by atoms with E-state index in [0.717, 1.165) is 29.7 Å². The molecule has 3 N–H and O–H groups in total. The Bertz CT molecular complexity index is 1700. The van der Waals surface area contributed by atoms with Crippen LogP contribution in [0.25, 0.3) is 11.3 Å². The van der Waals surface area contributed by atoms with Gasteiger partial charge in [-0.2, -0.15) is 8.42 Å². The van der Waals surface area contributed by atoms with Crippen LogP contribution in [-0.2, 0) is 22.3 Å². The van der Waals surface area contributed by atoms with Gasteiger partial charge < -0.3 is 19.7 Å².